The van der Waals surface area contributed by atoms with Crippen molar-refractivity contribution < 1.29 is 9.53 Å². The maximum Gasteiger partial charge on any atom is 0.155 e. The predicted octanol–water partition coefficient (Wildman–Crippen LogP) is 2.72. The van der Waals surface area contributed by atoms with Gasteiger partial charge in [0.15, 0.2) is 5.78 Å². The van der Waals surface area contributed by atoms with Crippen LogP contribution >= 0.6 is 11.8 Å². The summed E-state index contributed by atoms with van der Waals surface area (Å²) in [5.74, 6) is 0.0700. The molecule has 0 amide bonds. The Morgan fingerprint density at radius 3 is 3.00 bits per heavy atom. The summed E-state index contributed by atoms with van der Waals surface area (Å²) < 4.78 is 5.01. The van der Waals surface area contributed by atoms with E-state index in [-0.39, 0.29) is 5.78 Å². The second-order valence-corrected chi connectivity index (χ2v) is 5.42. The van der Waals surface area contributed by atoms with Crippen molar-refractivity contribution in [2.24, 2.45) is 0 Å². The second kappa shape index (κ2) is 6.12. The van der Waals surface area contributed by atoms with Gasteiger partial charge in [0.05, 0.1) is 17.3 Å². The summed E-state index contributed by atoms with van der Waals surface area (Å²) in [6.07, 6.45) is 1.67. The molecule has 1 N–H and O–H groups in total. The van der Waals surface area contributed by atoms with Crippen LogP contribution in [0.3, 0.4) is 0 Å². The molecule has 0 aromatic heterocycles. The molecule has 5 heteroatoms. The molecular formula is C14H18N2O2S. The van der Waals surface area contributed by atoms with Crippen molar-refractivity contribution in [1.29, 1.82) is 0 Å². The van der Waals surface area contributed by atoms with E-state index >= 15 is 0 Å². The first-order valence-corrected chi connectivity index (χ1v) is 6.94. The maximum absolute atomic E-state index is 11.2. The van der Waals surface area contributed by atoms with Crippen LogP contribution in [-0.4, -0.2) is 33.1 Å². The van der Waals surface area contributed by atoms with Crippen LogP contribution in [0.1, 0.15) is 6.92 Å². The third-order valence-electron chi connectivity index (χ3n) is 2.83. The molecule has 1 heterocycles. The lowest BCUT2D eigenvalue weighted by Crippen LogP contribution is -2.11. The first-order chi connectivity index (χ1) is 9.11. The van der Waals surface area contributed by atoms with Crippen molar-refractivity contribution in [2.45, 2.75) is 11.8 Å². The van der Waals surface area contributed by atoms with E-state index in [0.717, 1.165) is 22.9 Å². The van der Waals surface area contributed by atoms with E-state index in [1.807, 2.05) is 18.0 Å². The Kier molecular flexibility index (Phi) is 4.50. The van der Waals surface area contributed by atoms with Gasteiger partial charge in [0.1, 0.15) is 0 Å². The van der Waals surface area contributed by atoms with E-state index in [0.29, 0.717) is 6.61 Å². The first kappa shape index (κ1) is 14.0. The van der Waals surface area contributed by atoms with Gasteiger partial charge >= 0.3 is 0 Å². The lowest BCUT2D eigenvalue weighted by molar-refractivity contribution is -0.112. The number of carbonyl (C=O) groups excluding carboxylic acids is 1. The highest BCUT2D eigenvalue weighted by atomic mass is 32.2. The van der Waals surface area contributed by atoms with Gasteiger partial charge in [-0.25, -0.2) is 0 Å². The lowest BCUT2D eigenvalue weighted by atomic mass is 10.2. The number of hydrogen-bond donors (Lipinski definition) is 1. The number of anilines is 2. The Labute approximate surface area is 117 Å². The highest BCUT2D eigenvalue weighted by molar-refractivity contribution is 8.03. The Bertz CT molecular complexity index is 514. The topological polar surface area (TPSA) is 41.6 Å². The molecule has 0 saturated carbocycles. The number of ketones is 1. The Balaban J connectivity index is 2.15. The number of fused-ring (bicyclic) bond motifs is 1. The third-order valence-corrected chi connectivity index (χ3v) is 3.99. The van der Waals surface area contributed by atoms with Crippen molar-refractivity contribution in [3.63, 3.8) is 0 Å². The maximum atomic E-state index is 11.2. The lowest BCUT2D eigenvalue weighted by Gasteiger charge is -2.14. The molecule has 1 aromatic rings. The van der Waals surface area contributed by atoms with Gasteiger partial charge in [0.25, 0.3) is 0 Å². The van der Waals surface area contributed by atoms with Crippen LogP contribution in [0.15, 0.2) is 34.2 Å². The molecule has 2 rings (SSSR count). The minimum atomic E-state index is 0.0700. The Morgan fingerprint density at radius 1 is 1.53 bits per heavy atom. The van der Waals surface area contributed by atoms with Gasteiger partial charge in [-0.05, 0) is 25.1 Å². The van der Waals surface area contributed by atoms with Crippen molar-refractivity contribution in [3.8, 4) is 0 Å². The standard InChI is InChI=1S/C14H18N2O2S/c1-10(17)8-14-16(2)12-9-11(15-6-7-18-3)4-5-13(12)19-14/h4-5,8-9,15H,6-7H2,1-3H3. The smallest absolute Gasteiger partial charge is 0.155 e. The zero-order chi connectivity index (χ0) is 13.8. The van der Waals surface area contributed by atoms with E-state index < -0.39 is 0 Å². The third kappa shape index (κ3) is 3.30. The zero-order valence-electron chi connectivity index (χ0n) is 11.4. The summed E-state index contributed by atoms with van der Waals surface area (Å²) in [6.45, 7) is 3.03. The van der Waals surface area contributed by atoms with E-state index in [2.05, 4.69) is 17.4 Å². The molecule has 0 saturated heterocycles. The van der Waals surface area contributed by atoms with Crippen LogP contribution in [0.5, 0.6) is 0 Å². The fourth-order valence-electron chi connectivity index (χ4n) is 1.87. The summed E-state index contributed by atoms with van der Waals surface area (Å²) in [6, 6.07) is 6.22. The van der Waals surface area contributed by atoms with Crippen LogP contribution < -0.4 is 10.2 Å². The molecule has 1 aliphatic rings. The number of thioether (sulfide) groups is 1. The molecular weight excluding hydrogens is 260 g/mol. The first-order valence-electron chi connectivity index (χ1n) is 6.12. The number of carbonyl (C=O) groups is 1. The van der Waals surface area contributed by atoms with Crippen LogP contribution in [-0.2, 0) is 9.53 Å². The number of methoxy groups -OCH3 is 1. The largest absolute Gasteiger partial charge is 0.383 e. The summed E-state index contributed by atoms with van der Waals surface area (Å²) in [7, 11) is 3.67. The monoisotopic (exact) mass is 278 g/mol. The summed E-state index contributed by atoms with van der Waals surface area (Å²) in [5, 5.41) is 4.27. The number of nitrogens with zero attached hydrogens (tertiary/aromatic N) is 1. The summed E-state index contributed by atoms with van der Waals surface area (Å²) >= 11 is 1.62. The van der Waals surface area contributed by atoms with Crippen LogP contribution in [0.25, 0.3) is 0 Å². The highest BCUT2D eigenvalue weighted by Crippen LogP contribution is 2.45. The van der Waals surface area contributed by atoms with Crippen molar-refractivity contribution in [3.05, 3.63) is 29.3 Å². The van der Waals surface area contributed by atoms with Gasteiger partial charge in [0.2, 0.25) is 0 Å². The predicted molar refractivity (Wildman–Crippen MR) is 79.8 cm³/mol. The molecule has 0 spiro atoms. The Hall–Kier alpha value is -1.46. The molecule has 0 bridgehead atoms. The van der Waals surface area contributed by atoms with Gasteiger partial charge in [-0.2, -0.15) is 0 Å². The molecule has 4 nitrogen and oxygen atoms in total. The average molecular weight is 278 g/mol. The van der Waals surface area contributed by atoms with Gasteiger partial charge in [-0.15, -0.1) is 0 Å². The van der Waals surface area contributed by atoms with E-state index in [4.69, 9.17) is 4.74 Å². The molecule has 1 aromatic carbocycles. The Morgan fingerprint density at radius 2 is 2.32 bits per heavy atom. The summed E-state index contributed by atoms with van der Waals surface area (Å²) in [4.78, 5) is 14.4. The van der Waals surface area contributed by atoms with Gasteiger partial charge in [-0.1, -0.05) is 11.8 Å². The molecule has 0 aliphatic carbocycles. The van der Waals surface area contributed by atoms with E-state index in [1.165, 1.54) is 4.90 Å². The number of rotatable bonds is 5. The highest BCUT2D eigenvalue weighted by Gasteiger charge is 2.22. The summed E-state index contributed by atoms with van der Waals surface area (Å²) in [5.41, 5.74) is 2.19. The van der Waals surface area contributed by atoms with Gasteiger partial charge < -0.3 is 15.0 Å². The number of benzene rings is 1. The van der Waals surface area contributed by atoms with Gasteiger partial charge in [0, 0.05) is 37.4 Å². The number of nitrogens with one attached hydrogen (secondary N) is 1. The molecule has 0 unspecified atom stereocenters. The number of ether oxygens (including phenoxy) is 1. The van der Waals surface area contributed by atoms with Gasteiger partial charge in [-0.3, -0.25) is 4.79 Å². The molecule has 0 fully saturated rings. The molecule has 0 radical (unpaired) electrons. The van der Waals surface area contributed by atoms with Crippen LogP contribution in [0, 0.1) is 0 Å². The normalized spacial score (nSPS) is 15.7. The minimum absolute atomic E-state index is 0.0700. The fourth-order valence-corrected chi connectivity index (χ4v) is 3.00. The average Bonchev–Trinajstić information content (AvgIpc) is 2.66. The SMILES string of the molecule is COCCNc1ccc2c(c1)N(C)C(=CC(C)=O)S2. The van der Waals surface area contributed by atoms with Crippen LogP contribution in [0.2, 0.25) is 0 Å². The number of allylic oxidation sites excluding steroid dienone is 1. The van der Waals surface area contributed by atoms with Crippen molar-refractivity contribution in [2.75, 3.05) is 37.5 Å². The van der Waals surface area contributed by atoms with Crippen molar-refractivity contribution >= 4 is 28.9 Å². The molecule has 0 atom stereocenters. The molecule has 19 heavy (non-hydrogen) atoms. The van der Waals surface area contributed by atoms with E-state index in [1.54, 1.807) is 31.9 Å². The minimum Gasteiger partial charge on any atom is -0.383 e. The van der Waals surface area contributed by atoms with Crippen LogP contribution in [0.4, 0.5) is 11.4 Å². The van der Waals surface area contributed by atoms with E-state index in [9.17, 15) is 4.79 Å². The number of hydrogen-bond acceptors (Lipinski definition) is 5. The quantitative estimate of drug-likeness (QED) is 0.662. The second-order valence-electron chi connectivity index (χ2n) is 4.36. The van der Waals surface area contributed by atoms with Crippen molar-refractivity contribution in [1.82, 2.24) is 0 Å². The molecule has 102 valence electrons. The molecule has 1 aliphatic heterocycles. The zero-order valence-corrected chi connectivity index (χ0v) is 12.2. The fraction of sp³-hybridized carbons (Fsp3) is 0.357.